The Balaban J connectivity index is 2.78. The van der Waals surface area contributed by atoms with Gasteiger partial charge in [-0.3, -0.25) is 4.90 Å². The number of hydrogen-bond acceptors (Lipinski definition) is 2. The lowest BCUT2D eigenvalue weighted by molar-refractivity contribution is 0.261. The first-order valence-electron chi connectivity index (χ1n) is 5.69. The molecule has 0 bridgehead atoms. The van der Waals surface area contributed by atoms with Crippen LogP contribution in [0.1, 0.15) is 18.5 Å². The molecule has 1 aromatic rings. The number of nitrogens with one attached hydrogen (secondary N) is 1. The predicted molar refractivity (Wildman–Crippen MR) is 70.6 cm³/mol. The fourth-order valence-electron chi connectivity index (χ4n) is 1.93. The first-order valence-corrected chi connectivity index (χ1v) is 5.69. The Morgan fingerprint density at radius 2 is 2.00 bits per heavy atom. The highest BCUT2D eigenvalue weighted by atomic mass is 15.1. The molecule has 0 saturated carbocycles. The Bertz CT molecular complexity index is 319. The first kappa shape index (κ1) is 12.9. The molecule has 1 N–H and O–H groups in total. The van der Waals surface area contributed by atoms with Crippen molar-refractivity contribution in [3.8, 4) is 0 Å². The van der Waals surface area contributed by atoms with Gasteiger partial charge in [-0.2, -0.15) is 0 Å². The molecule has 1 atom stereocenters. The number of nitrogens with zero attached hydrogens (tertiary/aromatic N) is 1. The van der Waals surface area contributed by atoms with Gasteiger partial charge in [0.1, 0.15) is 0 Å². The summed E-state index contributed by atoms with van der Waals surface area (Å²) in [6.45, 7) is 7.92. The van der Waals surface area contributed by atoms with E-state index in [1.807, 2.05) is 7.05 Å². The average Bonchev–Trinajstić information content (AvgIpc) is 2.26. The summed E-state index contributed by atoms with van der Waals surface area (Å²) in [6, 6.07) is 11.0. The van der Waals surface area contributed by atoms with Crippen molar-refractivity contribution in [3.63, 3.8) is 0 Å². The molecule has 0 aliphatic heterocycles. The number of benzene rings is 1. The lowest BCUT2D eigenvalue weighted by Gasteiger charge is -2.28. The van der Waals surface area contributed by atoms with Crippen molar-refractivity contribution in [3.05, 3.63) is 48.0 Å². The molecule has 16 heavy (non-hydrogen) atoms. The highest BCUT2D eigenvalue weighted by Gasteiger charge is 2.15. The summed E-state index contributed by atoms with van der Waals surface area (Å²) in [5, 5.41) is 3.25. The van der Waals surface area contributed by atoms with Crippen LogP contribution in [0, 0.1) is 0 Å². The minimum absolute atomic E-state index is 0.405. The summed E-state index contributed by atoms with van der Waals surface area (Å²) in [5.41, 5.74) is 2.54. The van der Waals surface area contributed by atoms with Gasteiger partial charge in [-0.25, -0.2) is 0 Å². The molecule has 1 rings (SSSR count). The van der Waals surface area contributed by atoms with Gasteiger partial charge < -0.3 is 5.32 Å². The van der Waals surface area contributed by atoms with E-state index in [1.54, 1.807) is 0 Å². The zero-order chi connectivity index (χ0) is 12.0. The normalized spacial score (nSPS) is 12.8. The molecule has 0 heterocycles. The Hall–Kier alpha value is -1.12. The van der Waals surface area contributed by atoms with Gasteiger partial charge >= 0.3 is 0 Å². The van der Waals surface area contributed by atoms with Crippen LogP contribution in [0.4, 0.5) is 0 Å². The summed E-state index contributed by atoms with van der Waals surface area (Å²) in [5.74, 6) is 0. The number of likely N-dealkylation sites (N-methyl/N-ethyl adjacent to an activating group) is 2. The first-order chi connectivity index (χ1) is 7.65. The zero-order valence-corrected chi connectivity index (χ0v) is 10.5. The summed E-state index contributed by atoms with van der Waals surface area (Å²) in [7, 11) is 4.13. The van der Waals surface area contributed by atoms with Gasteiger partial charge in [-0.05, 0) is 26.6 Å². The SMILES string of the molecule is C=C(C)CN(C)C(CNC)c1ccccc1. The molecule has 0 aromatic heterocycles. The van der Waals surface area contributed by atoms with Crippen LogP contribution in [0.25, 0.3) is 0 Å². The van der Waals surface area contributed by atoms with Crippen LogP contribution in [0.5, 0.6) is 0 Å². The molecule has 2 heteroatoms. The van der Waals surface area contributed by atoms with Crippen molar-refractivity contribution in [2.75, 3.05) is 27.2 Å². The second kappa shape index (κ2) is 6.46. The molecular formula is C14H22N2. The molecule has 0 spiro atoms. The lowest BCUT2D eigenvalue weighted by Crippen LogP contribution is -2.33. The van der Waals surface area contributed by atoms with E-state index >= 15 is 0 Å². The highest BCUT2D eigenvalue weighted by molar-refractivity contribution is 5.19. The molecule has 1 aromatic carbocycles. The van der Waals surface area contributed by atoms with Crippen molar-refractivity contribution in [2.45, 2.75) is 13.0 Å². The van der Waals surface area contributed by atoms with Gasteiger partial charge in [0.05, 0.1) is 0 Å². The van der Waals surface area contributed by atoms with Gasteiger partial charge in [-0.15, -0.1) is 0 Å². The van der Waals surface area contributed by atoms with Crippen LogP contribution >= 0.6 is 0 Å². The van der Waals surface area contributed by atoms with E-state index in [-0.39, 0.29) is 0 Å². The topological polar surface area (TPSA) is 15.3 Å². The third-order valence-electron chi connectivity index (χ3n) is 2.63. The quantitative estimate of drug-likeness (QED) is 0.738. The van der Waals surface area contributed by atoms with Crippen LogP contribution in [-0.2, 0) is 0 Å². The Labute approximate surface area is 99.0 Å². The van der Waals surface area contributed by atoms with E-state index in [0.717, 1.165) is 13.1 Å². The van der Waals surface area contributed by atoms with Gasteiger partial charge in [0.2, 0.25) is 0 Å². The Kier molecular flexibility index (Phi) is 5.23. The molecule has 0 aliphatic rings. The monoisotopic (exact) mass is 218 g/mol. The van der Waals surface area contributed by atoms with Gasteiger partial charge in [0.15, 0.2) is 0 Å². The van der Waals surface area contributed by atoms with Crippen molar-refractivity contribution in [1.82, 2.24) is 10.2 Å². The second-order valence-electron chi connectivity index (χ2n) is 4.36. The van der Waals surface area contributed by atoms with E-state index in [2.05, 4.69) is 61.1 Å². The molecule has 88 valence electrons. The van der Waals surface area contributed by atoms with Crippen LogP contribution in [-0.4, -0.2) is 32.1 Å². The van der Waals surface area contributed by atoms with E-state index in [1.165, 1.54) is 11.1 Å². The van der Waals surface area contributed by atoms with Crippen LogP contribution in [0.2, 0.25) is 0 Å². The molecule has 0 fully saturated rings. The van der Waals surface area contributed by atoms with Crippen LogP contribution in [0.3, 0.4) is 0 Å². The van der Waals surface area contributed by atoms with Crippen molar-refractivity contribution >= 4 is 0 Å². The molecule has 0 aliphatic carbocycles. The van der Waals surface area contributed by atoms with Crippen molar-refractivity contribution < 1.29 is 0 Å². The maximum Gasteiger partial charge on any atom is 0.0472 e. The van der Waals surface area contributed by atoms with Crippen molar-refractivity contribution in [2.24, 2.45) is 0 Å². The Morgan fingerprint density at radius 3 is 2.50 bits per heavy atom. The summed E-state index contributed by atoms with van der Waals surface area (Å²) < 4.78 is 0. The van der Waals surface area contributed by atoms with Gasteiger partial charge in [0, 0.05) is 19.1 Å². The maximum atomic E-state index is 3.97. The minimum Gasteiger partial charge on any atom is -0.318 e. The maximum absolute atomic E-state index is 3.97. The third-order valence-corrected chi connectivity index (χ3v) is 2.63. The smallest absolute Gasteiger partial charge is 0.0472 e. The summed E-state index contributed by atoms with van der Waals surface area (Å²) >= 11 is 0. The molecule has 0 amide bonds. The lowest BCUT2D eigenvalue weighted by atomic mass is 10.1. The fraction of sp³-hybridized carbons (Fsp3) is 0.429. The second-order valence-corrected chi connectivity index (χ2v) is 4.36. The average molecular weight is 218 g/mol. The summed E-state index contributed by atoms with van der Waals surface area (Å²) in [4.78, 5) is 2.33. The van der Waals surface area contributed by atoms with Crippen LogP contribution in [0.15, 0.2) is 42.5 Å². The highest BCUT2D eigenvalue weighted by Crippen LogP contribution is 2.18. The van der Waals surface area contributed by atoms with E-state index in [0.29, 0.717) is 6.04 Å². The Morgan fingerprint density at radius 1 is 1.38 bits per heavy atom. The molecule has 0 radical (unpaired) electrons. The standard InChI is InChI=1S/C14H22N2/c1-12(2)11-16(4)14(10-15-3)13-8-6-5-7-9-13/h5-9,14-15H,1,10-11H2,2-4H3. The van der Waals surface area contributed by atoms with Crippen LogP contribution < -0.4 is 5.32 Å². The van der Waals surface area contributed by atoms with E-state index < -0.39 is 0 Å². The third kappa shape index (κ3) is 3.80. The fourth-order valence-corrected chi connectivity index (χ4v) is 1.93. The van der Waals surface area contributed by atoms with Crippen molar-refractivity contribution in [1.29, 1.82) is 0 Å². The largest absolute Gasteiger partial charge is 0.318 e. The zero-order valence-electron chi connectivity index (χ0n) is 10.5. The number of rotatable bonds is 6. The molecular weight excluding hydrogens is 196 g/mol. The molecule has 0 saturated heterocycles. The predicted octanol–water partition coefficient (Wildman–Crippen LogP) is 2.46. The minimum atomic E-state index is 0.405. The van der Waals surface area contributed by atoms with E-state index in [4.69, 9.17) is 0 Å². The summed E-state index contributed by atoms with van der Waals surface area (Å²) in [6.07, 6.45) is 0. The van der Waals surface area contributed by atoms with E-state index in [9.17, 15) is 0 Å². The molecule has 2 nitrogen and oxygen atoms in total. The van der Waals surface area contributed by atoms with Gasteiger partial charge in [0.25, 0.3) is 0 Å². The van der Waals surface area contributed by atoms with Gasteiger partial charge in [-0.1, -0.05) is 42.5 Å². The number of hydrogen-bond donors (Lipinski definition) is 1. The molecule has 1 unspecified atom stereocenters.